The molecule has 0 saturated heterocycles. The van der Waals surface area contributed by atoms with E-state index in [1.54, 1.807) is 0 Å². The fourth-order valence-corrected chi connectivity index (χ4v) is 3.09. The quantitative estimate of drug-likeness (QED) is 0.688. The molecule has 110 valence electrons. The van der Waals surface area contributed by atoms with Crippen molar-refractivity contribution in [3.8, 4) is 5.75 Å². The van der Waals surface area contributed by atoms with Gasteiger partial charge in [-0.25, -0.2) is 0 Å². The molecule has 0 bridgehead atoms. The lowest BCUT2D eigenvalue weighted by molar-refractivity contribution is -0.260. The molecule has 4 nitrogen and oxygen atoms in total. The molecule has 1 aromatic carbocycles. The Bertz CT molecular complexity index is 665. The van der Waals surface area contributed by atoms with Gasteiger partial charge in [0.25, 0.3) is 5.58 Å². The van der Waals surface area contributed by atoms with Crippen LogP contribution in [0.25, 0.3) is 11.2 Å². The molecule has 0 amide bonds. The second kappa shape index (κ2) is 3.82. The van der Waals surface area contributed by atoms with Gasteiger partial charge in [-0.1, -0.05) is 34.6 Å². The molecule has 1 aliphatic rings. The summed E-state index contributed by atoms with van der Waals surface area (Å²) in [4.78, 5) is 10.9. The van der Waals surface area contributed by atoms with Gasteiger partial charge in [-0.05, 0) is 30.7 Å². The Morgan fingerprint density at radius 2 is 1.60 bits per heavy atom. The molecule has 0 saturated carbocycles. The molecule has 4 heteroatoms. The van der Waals surface area contributed by atoms with Crippen molar-refractivity contribution < 1.29 is 18.9 Å². The Labute approximate surface area is 118 Å². The summed E-state index contributed by atoms with van der Waals surface area (Å²) in [5, 5.41) is 0. The van der Waals surface area contributed by atoms with Crippen LogP contribution in [0.15, 0.2) is 9.15 Å². The molecule has 0 N–H and O–H groups in total. The second-order valence-electron chi connectivity index (χ2n) is 7.40. The van der Waals surface area contributed by atoms with Crippen LogP contribution in [-0.4, -0.2) is 0 Å². The van der Waals surface area contributed by atoms with Crippen LogP contribution in [0.3, 0.4) is 0 Å². The van der Waals surface area contributed by atoms with Gasteiger partial charge in [0.05, 0.1) is 0 Å². The Morgan fingerprint density at radius 1 is 1.00 bits per heavy atom. The third-order valence-corrected chi connectivity index (χ3v) is 3.88. The van der Waals surface area contributed by atoms with Crippen LogP contribution in [0.5, 0.6) is 5.75 Å². The summed E-state index contributed by atoms with van der Waals surface area (Å²) in [7, 11) is 0. The lowest BCUT2D eigenvalue weighted by Gasteiger charge is -2.29. The molecule has 2 aromatic rings. The van der Waals surface area contributed by atoms with Gasteiger partial charge in [-0.15, -0.1) is 0 Å². The van der Waals surface area contributed by atoms with Crippen molar-refractivity contribution in [1.82, 2.24) is 0 Å². The van der Waals surface area contributed by atoms with Crippen LogP contribution in [-0.2, 0) is 15.9 Å². The summed E-state index contributed by atoms with van der Waals surface area (Å²) in [6, 6.07) is 0. The zero-order valence-corrected chi connectivity index (χ0v) is 13.2. The lowest BCUT2D eigenvalue weighted by Crippen LogP contribution is -2.23. The maximum absolute atomic E-state index is 5.50. The fourth-order valence-electron chi connectivity index (χ4n) is 3.09. The molecule has 0 fully saturated rings. The Hall–Kier alpha value is -1.42. The van der Waals surface area contributed by atoms with E-state index in [2.05, 4.69) is 34.6 Å². The predicted molar refractivity (Wildman–Crippen MR) is 76.0 cm³/mol. The third-order valence-electron chi connectivity index (χ3n) is 3.88. The number of benzene rings is 1. The minimum absolute atomic E-state index is 0.0405. The topological polar surface area (TPSA) is 44.7 Å². The lowest BCUT2D eigenvalue weighted by atomic mass is 9.75. The normalized spacial score (nSPS) is 17.8. The molecule has 0 spiro atoms. The highest BCUT2D eigenvalue weighted by Gasteiger charge is 2.44. The highest BCUT2D eigenvalue weighted by atomic mass is 17.2. The number of hydrogen-bond donors (Lipinski definition) is 0. The van der Waals surface area contributed by atoms with Crippen LogP contribution in [0.2, 0.25) is 0 Å². The predicted octanol–water partition coefficient (Wildman–Crippen LogP) is 5.01. The van der Waals surface area contributed by atoms with E-state index < -0.39 is 5.60 Å². The van der Waals surface area contributed by atoms with Gasteiger partial charge >= 0.3 is 0 Å². The first-order chi connectivity index (χ1) is 9.14. The molecule has 0 unspecified atom stereocenters. The van der Waals surface area contributed by atoms with E-state index in [0.29, 0.717) is 17.3 Å². The molecule has 2 heterocycles. The molecular formula is C16H22O4. The van der Waals surface area contributed by atoms with Crippen LogP contribution >= 0.6 is 0 Å². The van der Waals surface area contributed by atoms with E-state index in [1.807, 2.05) is 13.8 Å². The van der Waals surface area contributed by atoms with Gasteiger partial charge in [0, 0.05) is 11.1 Å². The van der Waals surface area contributed by atoms with Crippen molar-refractivity contribution in [2.45, 2.75) is 65.4 Å². The molecule has 1 aliphatic heterocycles. The molecule has 20 heavy (non-hydrogen) atoms. The van der Waals surface area contributed by atoms with E-state index in [1.165, 1.54) is 11.1 Å². The van der Waals surface area contributed by atoms with Crippen LogP contribution < -0.4 is 4.89 Å². The first-order valence-electron chi connectivity index (χ1n) is 7.09. The van der Waals surface area contributed by atoms with E-state index >= 15 is 0 Å². The highest BCUT2D eigenvalue weighted by Crippen LogP contribution is 2.53. The Kier molecular flexibility index (Phi) is 2.59. The summed E-state index contributed by atoms with van der Waals surface area (Å²) in [6.45, 7) is 15.0. The number of fused-ring (bicyclic) bond motifs is 3. The minimum Gasteiger partial charge on any atom is -0.332 e. The molecule has 1 aromatic heterocycles. The second-order valence-corrected chi connectivity index (χ2v) is 7.40. The monoisotopic (exact) mass is 278 g/mol. The average molecular weight is 278 g/mol. The van der Waals surface area contributed by atoms with E-state index in [-0.39, 0.29) is 5.41 Å². The smallest absolute Gasteiger partial charge is 0.272 e. The van der Waals surface area contributed by atoms with Gasteiger partial charge < -0.3 is 4.89 Å². The largest absolute Gasteiger partial charge is 0.332 e. The number of hydrogen-bond acceptors (Lipinski definition) is 4. The summed E-state index contributed by atoms with van der Waals surface area (Å²) in [5.74, 6) is 1.02. The Morgan fingerprint density at radius 3 is 2.05 bits per heavy atom. The van der Waals surface area contributed by atoms with Crippen molar-refractivity contribution in [2.24, 2.45) is 0 Å². The van der Waals surface area contributed by atoms with E-state index in [0.717, 1.165) is 11.1 Å². The maximum Gasteiger partial charge on any atom is 0.272 e. The molecular weight excluding hydrogens is 256 g/mol. The van der Waals surface area contributed by atoms with Gasteiger partial charge in [-0.3, -0.25) is 9.15 Å². The SMILES string of the molecule is CC(C)c1c2c(c3ooc3c1C(C)(C)C)OOC2(C)C. The van der Waals surface area contributed by atoms with Crippen LogP contribution in [0.1, 0.15) is 71.1 Å². The molecule has 3 rings (SSSR count). The average Bonchev–Trinajstić information content (AvgIpc) is 2.52. The van der Waals surface area contributed by atoms with Gasteiger partial charge in [0.1, 0.15) is 5.60 Å². The van der Waals surface area contributed by atoms with Crippen LogP contribution in [0, 0.1) is 0 Å². The fraction of sp³-hybridized carbons (Fsp3) is 0.625. The first-order valence-corrected chi connectivity index (χ1v) is 7.09. The van der Waals surface area contributed by atoms with Crippen molar-refractivity contribution in [2.75, 3.05) is 0 Å². The standard InChI is InChI=1S/C16H22O4/c1-8(2)9-10(15(3,4)5)12-14(18-17-12)13-11(9)16(6,7)20-19-13/h8H,1-7H3. The molecule has 0 aliphatic carbocycles. The summed E-state index contributed by atoms with van der Waals surface area (Å²) < 4.78 is 10.5. The number of rotatable bonds is 1. The van der Waals surface area contributed by atoms with Crippen molar-refractivity contribution in [3.63, 3.8) is 0 Å². The third kappa shape index (κ3) is 1.64. The summed E-state index contributed by atoms with van der Waals surface area (Å²) in [5.41, 5.74) is 4.46. The van der Waals surface area contributed by atoms with Crippen molar-refractivity contribution >= 4 is 11.2 Å². The van der Waals surface area contributed by atoms with E-state index in [9.17, 15) is 0 Å². The van der Waals surface area contributed by atoms with E-state index in [4.69, 9.17) is 18.9 Å². The van der Waals surface area contributed by atoms with Crippen molar-refractivity contribution in [1.29, 1.82) is 0 Å². The highest BCUT2D eigenvalue weighted by molar-refractivity contribution is 5.87. The Balaban J connectivity index is 2.46. The zero-order valence-electron chi connectivity index (χ0n) is 13.2. The van der Waals surface area contributed by atoms with Gasteiger partial charge in [0.15, 0.2) is 0 Å². The summed E-state index contributed by atoms with van der Waals surface area (Å²) >= 11 is 0. The first kappa shape index (κ1) is 13.6. The van der Waals surface area contributed by atoms with Crippen LogP contribution in [0.4, 0.5) is 0 Å². The van der Waals surface area contributed by atoms with Gasteiger partial charge in [-0.2, -0.15) is 4.89 Å². The van der Waals surface area contributed by atoms with Crippen molar-refractivity contribution in [3.05, 3.63) is 16.7 Å². The molecule has 0 atom stereocenters. The summed E-state index contributed by atoms with van der Waals surface area (Å²) in [6.07, 6.45) is 0. The van der Waals surface area contributed by atoms with Gasteiger partial charge in [0.2, 0.25) is 11.3 Å². The molecule has 0 radical (unpaired) electrons. The minimum atomic E-state index is -0.483. The maximum atomic E-state index is 5.50. The zero-order chi connectivity index (χ0) is 14.9.